The van der Waals surface area contributed by atoms with E-state index in [0.717, 1.165) is 19.4 Å². The molecule has 0 aliphatic rings. The quantitative estimate of drug-likeness (QED) is 0.394. The molecule has 132 valence electrons. The minimum absolute atomic E-state index is 0. The van der Waals surface area contributed by atoms with Gasteiger partial charge in [-0.1, -0.05) is 19.4 Å². The zero-order valence-corrected chi connectivity index (χ0v) is 15.8. The number of ether oxygens (including phenoxy) is 1. The lowest BCUT2D eigenvalue weighted by Gasteiger charge is -2.22. The van der Waals surface area contributed by atoms with Gasteiger partial charge in [0.25, 0.3) is 0 Å². The number of unbranched alkanes of at least 4 members (excludes halogenated alkanes) is 1. The lowest BCUT2D eigenvalue weighted by atomic mass is 10.2. The van der Waals surface area contributed by atoms with E-state index < -0.39 is 12.4 Å². The third kappa shape index (κ3) is 7.28. The van der Waals surface area contributed by atoms with Crippen molar-refractivity contribution in [2.75, 3.05) is 20.6 Å². The summed E-state index contributed by atoms with van der Waals surface area (Å²) in [5, 5.41) is 2.96. The molecule has 0 fully saturated rings. The molecule has 0 amide bonds. The predicted molar refractivity (Wildman–Crippen MR) is 96.2 cm³/mol. The molecule has 1 rings (SSSR count). The fourth-order valence-corrected chi connectivity index (χ4v) is 1.97. The van der Waals surface area contributed by atoms with E-state index in [1.807, 2.05) is 11.9 Å². The van der Waals surface area contributed by atoms with Gasteiger partial charge in [-0.2, -0.15) is 8.78 Å². The SMILES string of the molecule is CCCCN(C)C(=NC)NCc1c(F)cccc1OC(F)F.I. The first-order valence-corrected chi connectivity index (χ1v) is 7.13. The van der Waals surface area contributed by atoms with E-state index in [0.29, 0.717) is 5.96 Å². The van der Waals surface area contributed by atoms with Gasteiger partial charge in [-0.05, 0) is 18.6 Å². The molecular weight excluding hydrogens is 422 g/mol. The lowest BCUT2D eigenvalue weighted by molar-refractivity contribution is -0.0506. The standard InChI is InChI=1S/C15H22F3N3O.HI/c1-4-5-9-21(3)15(19-2)20-10-11-12(16)7-6-8-13(11)22-14(17)18;/h6-8,14H,4-5,9-10H2,1-3H3,(H,19,20);1H. The van der Waals surface area contributed by atoms with Crippen molar-refractivity contribution in [3.8, 4) is 5.75 Å². The molecule has 0 aromatic heterocycles. The van der Waals surface area contributed by atoms with Crippen LogP contribution in [0.1, 0.15) is 25.3 Å². The minimum atomic E-state index is -2.99. The second-order valence-electron chi connectivity index (χ2n) is 4.77. The van der Waals surface area contributed by atoms with Gasteiger partial charge in [0.15, 0.2) is 5.96 Å². The van der Waals surface area contributed by atoms with Crippen molar-refractivity contribution in [1.29, 1.82) is 0 Å². The third-order valence-electron chi connectivity index (χ3n) is 3.14. The molecule has 0 spiro atoms. The smallest absolute Gasteiger partial charge is 0.387 e. The second-order valence-corrected chi connectivity index (χ2v) is 4.77. The molecule has 0 saturated heterocycles. The number of halogens is 4. The Labute approximate surface area is 152 Å². The Hall–Kier alpha value is -1.19. The molecule has 8 heteroatoms. The fourth-order valence-electron chi connectivity index (χ4n) is 1.97. The Morgan fingerprint density at radius 3 is 2.65 bits per heavy atom. The number of benzene rings is 1. The Kier molecular flexibility index (Phi) is 10.8. The van der Waals surface area contributed by atoms with Crippen LogP contribution in [0.3, 0.4) is 0 Å². The molecular formula is C15H23F3IN3O. The van der Waals surface area contributed by atoms with Gasteiger partial charge in [0.2, 0.25) is 0 Å². The van der Waals surface area contributed by atoms with Crippen molar-refractivity contribution in [2.45, 2.75) is 32.9 Å². The van der Waals surface area contributed by atoms with Crippen LogP contribution in [0.5, 0.6) is 5.75 Å². The molecule has 0 unspecified atom stereocenters. The van der Waals surface area contributed by atoms with E-state index in [1.165, 1.54) is 18.2 Å². The Balaban J connectivity index is 0.00000484. The molecule has 1 N–H and O–H groups in total. The van der Waals surface area contributed by atoms with Gasteiger partial charge in [0.1, 0.15) is 11.6 Å². The summed E-state index contributed by atoms with van der Waals surface area (Å²) in [6, 6.07) is 3.85. The summed E-state index contributed by atoms with van der Waals surface area (Å²) in [7, 11) is 3.48. The van der Waals surface area contributed by atoms with E-state index >= 15 is 0 Å². The largest absolute Gasteiger partial charge is 0.434 e. The first-order chi connectivity index (χ1) is 10.5. The van der Waals surface area contributed by atoms with Gasteiger partial charge in [-0.3, -0.25) is 4.99 Å². The normalized spacial score (nSPS) is 11.2. The lowest BCUT2D eigenvalue weighted by Crippen LogP contribution is -2.39. The maximum Gasteiger partial charge on any atom is 0.387 e. The maximum absolute atomic E-state index is 13.8. The number of hydrogen-bond acceptors (Lipinski definition) is 2. The van der Waals surface area contributed by atoms with E-state index in [-0.39, 0.29) is 41.8 Å². The van der Waals surface area contributed by atoms with Gasteiger partial charge in [0, 0.05) is 32.7 Å². The number of alkyl halides is 2. The summed E-state index contributed by atoms with van der Waals surface area (Å²) < 4.78 is 42.9. The molecule has 23 heavy (non-hydrogen) atoms. The Morgan fingerprint density at radius 2 is 2.09 bits per heavy atom. The van der Waals surface area contributed by atoms with Crippen LogP contribution in [0.2, 0.25) is 0 Å². The van der Waals surface area contributed by atoms with Crippen molar-refractivity contribution in [3.63, 3.8) is 0 Å². The summed E-state index contributed by atoms with van der Waals surface area (Å²) in [6.07, 6.45) is 2.04. The van der Waals surface area contributed by atoms with Crippen molar-refractivity contribution >= 4 is 29.9 Å². The van der Waals surface area contributed by atoms with E-state index in [9.17, 15) is 13.2 Å². The van der Waals surface area contributed by atoms with E-state index in [2.05, 4.69) is 22.0 Å². The summed E-state index contributed by atoms with van der Waals surface area (Å²) in [5.41, 5.74) is 0.0489. The van der Waals surface area contributed by atoms with Gasteiger partial charge >= 0.3 is 6.61 Å². The molecule has 1 aromatic carbocycles. The van der Waals surface area contributed by atoms with Gasteiger partial charge in [-0.25, -0.2) is 4.39 Å². The average Bonchev–Trinajstić information content (AvgIpc) is 2.47. The summed E-state index contributed by atoms with van der Waals surface area (Å²) >= 11 is 0. The molecule has 0 radical (unpaired) electrons. The fraction of sp³-hybridized carbons (Fsp3) is 0.533. The molecule has 1 aromatic rings. The van der Waals surface area contributed by atoms with Crippen LogP contribution in [0.25, 0.3) is 0 Å². The summed E-state index contributed by atoms with van der Waals surface area (Å²) in [5.74, 6) is -0.203. The Morgan fingerprint density at radius 1 is 1.39 bits per heavy atom. The monoisotopic (exact) mass is 445 g/mol. The van der Waals surface area contributed by atoms with Crippen molar-refractivity contribution < 1.29 is 17.9 Å². The highest BCUT2D eigenvalue weighted by Crippen LogP contribution is 2.23. The maximum atomic E-state index is 13.8. The second kappa shape index (κ2) is 11.4. The number of nitrogens with one attached hydrogen (secondary N) is 1. The zero-order chi connectivity index (χ0) is 16.5. The van der Waals surface area contributed by atoms with Crippen molar-refractivity contribution in [2.24, 2.45) is 4.99 Å². The van der Waals surface area contributed by atoms with Gasteiger partial charge in [-0.15, -0.1) is 24.0 Å². The van der Waals surface area contributed by atoms with Crippen LogP contribution in [0, 0.1) is 5.82 Å². The molecule has 0 bridgehead atoms. The molecule has 0 heterocycles. The van der Waals surface area contributed by atoms with E-state index in [1.54, 1.807) is 7.05 Å². The van der Waals surface area contributed by atoms with E-state index in [4.69, 9.17) is 0 Å². The first-order valence-electron chi connectivity index (χ1n) is 7.13. The minimum Gasteiger partial charge on any atom is -0.434 e. The molecule has 0 aliphatic carbocycles. The van der Waals surface area contributed by atoms with Crippen LogP contribution in [-0.4, -0.2) is 38.1 Å². The highest BCUT2D eigenvalue weighted by Gasteiger charge is 2.14. The highest BCUT2D eigenvalue weighted by atomic mass is 127. The van der Waals surface area contributed by atoms with Crippen LogP contribution < -0.4 is 10.1 Å². The Bertz CT molecular complexity index is 501. The summed E-state index contributed by atoms with van der Waals surface area (Å²) in [6.45, 7) is -0.102. The molecule has 4 nitrogen and oxygen atoms in total. The number of rotatable bonds is 7. The van der Waals surface area contributed by atoms with Gasteiger partial charge < -0.3 is 15.0 Å². The zero-order valence-electron chi connectivity index (χ0n) is 13.5. The number of nitrogens with zero attached hydrogens (tertiary/aromatic N) is 2. The van der Waals surface area contributed by atoms with Crippen LogP contribution in [0.4, 0.5) is 13.2 Å². The average molecular weight is 445 g/mol. The molecule has 0 aliphatic heterocycles. The molecule has 0 atom stereocenters. The summed E-state index contributed by atoms with van der Waals surface area (Å²) in [4.78, 5) is 6.00. The topological polar surface area (TPSA) is 36.9 Å². The number of hydrogen-bond donors (Lipinski definition) is 1. The van der Waals surface area contributed by atoms with Crippen LogP contribution in [0.15, 0.2) is 23.2 Å². The van der Waals surface area contributed by atoms with Crippen molar-refractivity contribution in [3.05, 3.63) is 29.6 Å². The van der Waals surface area contributed by atoms with Gasteiger partial charge in [0.05, 0.1) is 0 Å². The third-order valence-corrected chi connectivity index (χ3v) is 3.14. The highest BCUT2D eigenvalue weighted by molar-refractivity contribution is 14.0. The number of aliphatic imine (C=N–C) groups is 1. The predicted octanol–water partition coefficient (Wildman–Crippen LogP) is 3.85. The number of guanidine groups is 1. The van der Waals surface area contributed by atoms with Crippen LogP contribution >= 0.6 is 24.0 Å². The first kappa shape index (κ1) is 21.8. The molecule has 0 saturated carbocycles. The van der Waals surface area contributed by atoms with Crippen molar-refractivity contribution in [1.82, 2.24) is 10.2 Å². The van der Waals surface area contributed by atoms with Crippen LogP contribution in [-0.2, 0) is 6.54 Å².